The van der Waals surface area contributed by atoms with E-state index in [-0.39, 0.29) is 23.5 Å². The number of rotatable bonds is 3. The van der Waals surface area contributed by atoms with Crippen molar-refractivity contribution in [3.05, 3.63) is 59.8 Å². The lowest BCUT2D eigenvalue weighted by atomic mass is 9.57. The van der Waals surface area contributed by atoms with Gasteiger partial charge in [-0.15, -0.1) is 0 Å². The average molecular weight is 483 g/mol. The number of ether oxygens (including phenoxy) is 1. The van der Waals surface area contributed by atoms with E-state index >= 15 is 0 Å². The van der Waals surface area contributed by atoms with Gasteiger partial charge in [0.05, 0.1) is 17.2 Å². The number of halogens is 3. The van der Waals surface area contributed by atoms with Crippen LogP contribution in [0.5, 0.6) is 0 Å². The molecule has 1 amide bonds. The summed E-state index contributed by atoms with van der Waals surface area (Å²) in [5, 5.41) is 9.40. The van der Waals surface area contributed by atoms with Gasteiger partial charge in [-0.25, -0.2) is 0 Å². The maximum Gasteiger partial charge on any atom is 0.416 e. The van der Waals surface area contributed by atoms with Gasteiger partial charge in [0.15, 0.2) is 5.65 Å². The van der Waals surface area contributed by atoms with Crippen LogP contribution < -0.4 is 5.32 Å². The number of aryl methyl sites for hydroxylation is 1. The van der Waals surface area contributed by atoms with Gasteiger partial charge in [0.2, 0.25) is 0 Å². The van der Waals surface area contributed by atoms with Crippen LogP contribution >= 0.6 is 0 Å². The number of benzene rings is 2. The number of nitrogens with one attached hydrogen (secondary N) is 1. The van der Waals surface area contributed by atoms with Gasteiger partial charge in [0.25, 0.3) is 5.91 Å². The van der Waals surface area contributed by atoms with Crippen LogP contribution in [-0.2, 0) is 18.0 Å². The van der Waals surface area contributed by atoms with Crippen LogP contribution in [0.3, 0.4) is 0 Å². The number of aromatic nitrogens is 3. The van der Waals surface area contributed by atoms with Gasteiger partial charge in [-0.3, -0.25) is 14.0 Å². The molecule has 3 unspecified atom stereocenters. The SMILES string of the molecule is Cn1cc2c3cc(C(=O)NC4C5CCOC5C4(C)C)ccc3n(-c3ccc(C(F)(F)F)cc3)c2n1. The molecule has 1 aliphatic heterocycles. The number of carbonyl (C=O) groups is 1. The molecule has 2 aromatic heterocycles. The standard InChI is InChI=1S/C26H25F3N4O2/c1-25(2)21(17-10-11-35-22(17)25)30-24(34)14-4-9-20-18(12-14)19-13-32(3)31-23(19)33(20)16-7-5-15(6-8-16)26(27,28)29/h4-9,12-13,17,21-22H,10-11H2,1-3H3,(H,30,34). The highest BCUT2D eigenvalue weighted by Crippen LogP contribution is 2.52. The second kappa shape index (κ2) is 7.34. The number of carbonyl (C=O) groups excluding carboxylic acids is 1. The number of amides is 1. The molecule has 3 atom stereocenters. The van der Waals surface area contributed by atoms with E-state index in [0.29, 0.717) is 22.8 Å². The molecule has 3 heterocycles. The van der Waals surface area contributed by atoms with Crippen LogP contribution in [0.15, 0.2) is 48.7 Å². The zero-order chi connectivity index (χ0) is 24.7. The van der Waals surface area contributed by atoms with Gasteiger partial charge in [0, 0.05) is 59.2 Å². The van der Waals surface area contributed by atoms with E-state index in [4.69, 9.17) is 4.74 Å². The van der Waals surface area contributed by atoms with E-state index in [2.05, 4.69) is 24.3 Å². The molecule has 1 N–H and O–H groups in total. The van der Waals surface area contributed by atoms with Crippen molar-refractivity contribution in [3.8, 4) is 5.69 Å². The Hall–Kier alpha value is -3.33. The molecule has 2 aliphatic rings. The van der Waals surface area contributed by atoms with Gasteiger partial charge in [-0.1, -0.05) is 13.8 Å². The smallest absolute Gasteiger partial charge is 0.377 e. The molecule has 2 aromatic carbocycles. The number of hydrogen-bond donors (Lipinski definition) is 1. The van der Waals surface area contributed by atoms with E-state index in [1.165, 1.54) is 12.1 Å². The maximum absolute atomic E-state index is 13.2. The third-order valence-corrected chi connectivity index (χ3v) is 7.65. The zero-order valence-corrected chi connectivity index (χ0v) is 19.6. The fourth-order valence-corrected chi connectivity index (χ4v) is 5.94. The molecule has 0 spiro atoms. The summed E-state index contributed by atoms with van der Waals surface area (Å²) in [5.74, 6) is 0.193. The minimum atomic E-state index is -4.40. The van der Waals surface area contributed by atoms with E-state index in [9.17, 15) is 18.0 Å². The van der Waals surface area contributed by atoms with Gasteiger partial charge in [-0.2, -0.15) is 18.3 Å². The first-order chi connectivity index (χ1) is 16.6. The van der Waals surface area contributed by atoms with Crippen molar-refractivity contribution in [1.29, 1.82) is 0 Å². The second-order valence-electron chi connectivity index (χ2n) is 10.2. The molecule has 35 heavy (non-hydrogen) atoms. The highest BCUT2D eigenvalue weighted by Gasteiger charge is 2.59. The summed E-state index contributed by atoms with van der Waals surface area (Å²) < 4.78 is 48.5. The molecular formula is C26H25F3N4O2. The van der Waals surface area contributed by atoms with Gasteiger partial charge in [-0.05, 0) is 48.9 Å². The number of nitrogens with zero attached hydrogens (tertiary/aromatic N) is 3. The fourth-order valence-electron chi connectivity index (χ4n) is 5.94. The summed E-state index contributed by atoms with van der Waals surface area (Å²) in [6, 6.07) is 10.5. The zero-order valence-electron chi connectivity index (χ0n) is 19.6. The van der Waals surface area contributed by atoms with Crippen LogP contribution in [-0.4, -0.2) is 39.0 Å². The average Bonchev–Trinajstić information content (AvgIpc) is 3.49. The first-order valence-corrected chi connectivity index (χ1v) is 11.6. The van der Waals surface area contributed by atoms with Crippen molar-refractivity contribution >= 4 is 27.8 Å². The van der Waals surface area contributed by atoms with Crippen molar-refractivity contribution < 1.29 is 22.7 Å². The van der Waals surface area contributed by atoms with Crippen LogP contribution in [0.1, 0.15) is 36.2 Å². The Morgan fingerprint density at radius 2 is 1.89 bits per heavy atom. The lowest BCUT2D eigenvalue weighted by Gasteiger charge is -2.54. The normalized spacial score (nSPS) is 23.4. The molecule has 1 aliphatic carbocycles. The molecule has 9 heteroatoms. The molecule has 1 saturated carbocycles. The predicted octanol–water partition coefficient (Wildman–Crippen LogP) is 5.08. The summed E-state index contributed by atoms with van der Waals surface area (Å²) >= 11 is 0. The largest absolute Gasteiger partial charge is 0.416 e. The van der Waals surface area contributed by atoms with Crippen LogP contribution in [0.25, 0.3) is 27.6 Å². The molecule has 1 saturated heterocycles. The van der Waals surface area contributed by atoms with Crippen LogP contribution in [0.2, 0.25) is 0 Å². The fraction of sp³-hybridized carbons (Fsp3) is 0.385. The van der Waals surface area contributed by atoms with Crippen LogP contribution in [0, 0.1) is 11.3 Å². The molecule has 2 fully saturated rings. The van der Waals surface area contributed by atoms with Gasteiger partial charge < -0.3 is 10.1 Å². The predicted molar refractivity (Wildman–Crippen MR) is 125 cm³/mol. The summed E-state index contributed by atoms with van der Waals surface area (Å²) in [6.45, 7) is 4.97. The maximum atomic E-state index is 13.2. The molecule has 4 aromatic rings. The third-order valence-electron chi connectivity index (χ3n) is 7.65. The summed E-state index contributed by atoms with van der Waals surface area (Å²) in [4.78, 5) is 13.2. The van der Waals surface area contributed by atoms with Gasteiger partial charge >= 0.3 is 6.18 Å². The topological polar surface area (TPSA) is 61.1 Å². The van der Waals surface area contributed by atoms with Crippen LogP contribution in [0.4, 0.5) is 13.2 Å². The third kappa shape index (κ3) is 3.28. The van der Waals surface area contributed by atoms with Gasteiger partial charge in [0.1, 0.15) is 0 Å². The van der Waals surface area contributed by atoms with E-state index < -0.39 is 11.7 Å². The van der Waals surface area contributed by atoms with E-state index in [1.807, 2.05) is 22.9 Å². The van der Waals surface area contributed by atoms with Crippen molar-refractivity contribution in [2.24, 2.45) is 18.4 Å². The minimum absolute atomic E-state index is 0.0494. The number of fused-ring (bicyclic) bond motifs is 4. The Bertz CT molecular complexity index is 1470. The molecular weight excluding hydrogens is 457 g/mol. The van der Waals surface area contributed by atoms with Crippen molar-refractivity contribution in [2.45, 2.75) is 38.6 Å². The summed E-state index contributed by atoms with van der Waals surface area (Å²) in [5.41, 5.74) is 1.66. The Balaban J connectivity index is 1.39. The van der Waals surface area contributed by atoms with Crippen molar-refractivity contribution in [1.82, 2.24) is 19.7 Å². The number of alkyl halides is 3. The first-order valence-electron chi connectivity index (χ1n) is 11.6. The first kappa shape index (κ1) is 22.2. The molecule has 0 radical (unpaired) electrons. The Morgan fingerprint density at radius 3 is 2.60 bits per heavy atom. The van der Waals surface area contributed by atoms with E-state index in [0.717, 1.165) is 41.4 Å². The summed E-state index contributed by atoms with van der Waals surface area (Å²) in [6.07, 6.45) is -1.41. The Morgan fingerprint density at radius 1 is 1.14 bits per heavy atom. The minimum Gasteiger partial charge on any atom is -0.377 e. The van der Waals surface area contributed by atoms with Crippen molar-refractivity contribution in [2.75, 3.05) is 6.61 Å². The van der Waals surface area contributed by atoms with Crippen molar-refractivity contribution in [3.63, 3.8) is 0 Å². The molecule has 6 nitrogen and oxygen atoms in total. The Labute approximate surface area is 199 Å². The van der Waals surface area contributed by atoms with E-state index in [1.54, 1.807) is 17.8 Å². The highest BCUT2D eigenvalue weighted by molar-refractivity contribution is 6.10. The lowest BCUT2D eigenvalue weighted by molar-refractivity contribution is -0.137. The quantitative estimate of drug-likeness (QED) is 0.443. The lowest BCUT2D eigenvalue weighted by Crippen LogP contribution is -2.66. The Kier molecular flexibility index (Phi) is 4.64. The molecule has 182 valence electrons. The molecule has 0 bridgehead atoms. The second-order valence-corrected chi connectivity index (χ2v) is 10.2. The number of hydrogen-bond acceptors (Lipinski definition) is 3. The monoisotopic (exact) mass is 482 g/mol. The highest BCUT2D eigenvalue weighted by atomic mass is 19.4. The molecule has 6 rings (SSSR count). The summed E-state index contributed by atoms with van der Waals surface area (Å²) in [7, 11) is 1.79.